The molecule has 1 saturated heterocycles. The normalized spacial score (nSPS) is 25.9. The van der Waals surface area contributed by atoms with Crippen molar-refractivity contribution in [2.75, 3.05) is 11.4 Å². The lowest BCUT2D eigenvalue weighted by Gasteiger charge is -2.28. The van der Waals surface area contributed by atoms with E-state index in [1.165, 1.54) is 37.3 Å². The lowest BCUT2D eigenvalue weighted by Crippen LogP contribution is -2.33. The van der Waals surface area contributed by atoms with Crippen LogP contribution in [-0.2, 0) is 6.42 Å². The monoisotopic (exact) mass is 284 g/mol. The molecule has 0 radical (unpaired) electrons. The molecule has 1 aliphatic carbocycles. The fourth-order valence-electron chi connectivity index (χ4n) is 4.03. The first-order chi connectivity index (χ1) is 10.3. The second-order valence-electron chi connectivity index (χ2n) is 6.67. The van der Waals surface area contributed by atoms with Gasteiger partial charge in [-0.3, -0.25) is 0 Å². The lowest BCUT2D eigenvalue weighted by molar-refractivity contribution is 0.547. The van der Waals surface area contributed by atoms with Crippen LogP contribution in [0.3, 0.4) is 0 Å². The molecule has 3 heterocycles. The minimum absolute atomic E-state index is 0.212. The predicted molar refractivity (Wildman–Crippen MR) is 85.6 cm³/mol. The number of rotatable bonds is 4. The van der Waals surface area contributed by atoms with E-state index < -0.39 is 0 Å². The Morgan fingerprint density at radius 3 is 3.00 bits per heavy atom. The van der Waals surface area contributed by atoms with E-state index in [4.69, 9.17) is 10.7 Å². The van der Waals surface area contributed by atoms with Gasteiger partial charge in [-0.1, -0.05) is 13.0 Å². The number of hydrogen-bond acceptors (Lipinski definition) is 3. The van der Waals surface area contributed by atoms with E-state index in [0.29, 0.717) is 6.04 Å². The van der Waals surface area contributed by atoms with E-state index >= 15 is 0 Å². The van der Waals surface area contributed by atoms with Crippen LogP contribution in [0, 0.1) is 5.92 Å². The van der Waals surface area contributed by atoms with Gasteiger partial charge in [0.1, 0.15) is 5.65 Å². The first-order valence-electron chi connectivity index (χ1n) is 8.24. The summed E-state index contributed by atoms with van der Waals surface area (Å²) in [6.07, 6.45) is 8.12. The third kappa shape index (κ3) is 2.13. The molecule has 0 spiro atoms. The molecule has 112 valence electrons. The SMILES string of the molecule is CCC(N)Cc1c(N2CC3CCC2C3)nc2ccccn12. The fraction of sp³-hybridized carbons (Fsp3) is 0.588. The van der Waals surface area contributed by atoms with Crippen molar-refractivity contribution in [2.24, 2.45) is 11.7 Å². The average molecular weight is 284 g/mol. The summed E-state index contributed by atoms with van der Waals surface area (Å²) in [6.45, 7) is 3.34. The lowest BCUT2D eigenvalue weighted by atomic mass is 10.1. The number of pyridine rings is 1. The smallest absolute Gasteiger partial charge is 0.151 e. The maximum atomic E-state index is 6.24. The van der Waals surface area contributed by atoms with E-state index in [1.807, 2.05) is 0 Å². The number of piperidine rings is 1. The maximum Gasteiger partial charge on any atom is 0.151 e. The Morgan fingerprint density at radius 2 is 2.29 bits per heavy atom. The highest BCUT2D eigenvalue weighted by molar-refractivity contribution is 5.57. The molecule has 1 aliphatic heterocycles. The van der Waals surface area contributed by atoms with Crippen LogP contribution >= 0.6 is 0 Å². The van der Waals surface area contributed by atoms with Crippen LogP contribution in [0.2, 0.25) is 0 Å². The highest BCUT2D eigenvalue weighted by Gasteiger charge is 2.39. The van der Waals surface area contributed by atoms with Gasteiger partial charge >= 0.3 is 0 Å². The summed E-state index contributed by atoms with van der Waals surface area (Å²) < 4.78 is 2.23. The van der Waals surface area contributed by atoms with Crippen molar-refractivity contribution >= 4 is 11.5 Å². The van der Waals surface area contributed by atoms with Crippen molar-refractivity contribution in [3.8, 4) is 0 Å². The summed E-state index contributed by atoms with van der Waals surface area (Å²) >= 11 is 0. The van der Waals surface area contributed by atoms with Crippen molar-refractivity contribution in [2.45, 2.75) is 51.1 Å². The van der Waals surface area contributed by atoms with Gasteiger partial charge in [-0.15, -0.1) is 0 Å². The molecule has 2 aliphatic rings. The average Bonchev–Trinajstić information content (AvgIpc) is 3.21. The number of imidazole rings is 1. The zero-order valence-corrected chi connectivity index (χ0v) is 12.7. The summed E-state index contributed by atoms with van der Waals surface area (Å²) in [5, 5.41) is 0. The zero-order chi connectivity index (χ0) is 14.4. The minimum atomic E-state index is 0.212. The van der Waals surface area contributed by atoms with Gasteiger partial charge in [0, 0.05) is 31.2 Å². The molecule has 2 bridgehead atoms. The van der Waals surface area contributed by atoms with Crippen molar-refractivity contribution in [1.82, 2.24) is 9.38 Å². The first-order valence-corrected chi connectivity index (χ1v) is 8.24. The van der Waals surface area contributed by atoms with Crippen LogP contribution in [0.1, 0.15) is 38.3 Å². The van der Waals surface area contributed by atoms with Gasteiger partial charge in [0.25, 0.3) is 0 Å². The summed E-state index contributed by atoms with van der Waals surface area (Å²) in [4.78, 5) is 7.49. The van der Waals surface area contributed by atoms with Crippen LogP contribution in [0.15, 0.2) is 24.4 Å². The standard InChI is InChI=1S/C17H24N4/c1-2-13(18)10-15-17(19-16-5-3-4-8-20(15)16)21-11-12-6-7-14(21)9-12/h3-5,8,12-14H,2,6-7,9-11,18H2,1H3. The maximum absolute atomic E-state index is 6.24. The van der Waals surface area contributed by atoms with Gasteiger partial charge in [0.05, 0.1) is 5.69 Å². The van der Waals surface area contributed by atoms with Crippen molar-refractivity contribution < 1.29 is 0 Å². The second kappa shape index (κ2) is 5.02. The number of anilines is 1. The third-order valence-electron chi connectivity index (χ3n) is 5.27. The van der Waals surface area contributed by atoms with E-state index in [2.05, 4.69) is 40.6 Å². The molecule has 2 aromatic heterocycles. The molecular weight excluding hydrogens is 260 g/mol. The molecule has 2 aromatic rings. The van der Waals surface area contributed by atoms with Crippen molar-refractivity contribution in [1.29, 1.82) is 0 Å². The van der Waals surface area contributed by atoms with Crippen LogP contribution in [-0.4, -0.2) is 28.0 Å². The second-order valence-corrected chi connectivity index (χ2v) is 6.67. The van der Waals surface area contributed by atoms with Gasteiger partial charge in [-0.25, -0.2) is 4.98 Å². The van der Waals surface area contributed by atoms with Gasteiger partial charge < -0.3 is 15.0 Å². The summed E-state index contributed by atoms with van der Waals surface area (Å²) in [5.41, 5.74) is 8.59. The number of nitrogens with two attached hydrogens (primary N) is 1. The predicted octanol–water partition coefficient (Wildman–Crippen LogP) is 2.60. The highest BCUT2D eigenvalue weighted by Crippen LogP contribution is 2.41. The van der Waals surface area contributed by atoms with Gasteiger partial charge in [-0.2, -0.15) is 0 Å². The molecule has 3 atom stereocenters. The van der Waals surface area contributed by atoms with Gasteiger partial charge in [0.15, 0.2) is 5.82 Å². The van der Waals surface area contributed by atoms with E-state index in [1.54, 1.807) is 0 Å². The molecule has 2 fully saturated rings. The molecule has 0 aromatic carbocycles. The molecule has 4 heteroatoms. The molecule has 4 rings (SSSR count). The quantitative estimate of drug-likeness (QED) is 0.938. The van der Waals surface area contributed by atoms with Crippen molar-refractivity contribution in [3.05, 3.63) is 30.1 Å². The molecule has 1 saturated carbocycles. The minimum Gasteiger partial charge on any atom is -0.352 e. The number of fused-ring (bicyclic) bond motifs is 3. The fourth-order valence-corrected chi connectivity index (χ4v) is 4.03. The van der Waals surface area contributed by atoms with Crippen LogP contribution in [0.25, 0.3) is 5.65 Å². The Bertz CT molecular complexity index is 647. The third-order valence-corrected chi connectivity index (χ3v) is 5.27. The van der Waals surface area contributed by atoms with Crippen LogP contribution in [0.4, 0.5) is 5.82 Å². The van der Waals surface area contributed by atoms with Crippen molar-refractivity contribution in [3.63, 3.8) is 0 Å². The van der Waals surface area contributed by atoms with E-state index in [-0.39, 0.29) is 6.04 Å². The van der Waals surface area contributed by atoms with E-state index in [9.17, 15) is 0 Å². The highest BCUT2D eigenvalue weighted by atomic mass is 15.3. The Morgan fingerprint density at radius 1 is 1.38 bits per heavy atom. The van der Waals surface area contributed by atoms with Gasteiger partial charge in [-0.05, 0) is 43.7 Å². The Balaban J connectivity index is 1.78. The molecule has 4 nitrogen and oxygen atoms in total. The Labute approximate surface area is 126 Å². The van der Waals surface area contributed by atoms with Crippen LogP contribution in [0.5, 0.6) is 0 Å². The molecule has 3 unspecified atom stereocenters. The summed E-state index contributed by atoms with van der Waals surface area (Å²) in [7, 11) is 0. The zero-order valence-electron chi connectivity index (χ0n) is 12.7. The number of hydrogen-bond donors (Lipinski definition) is 1. The van der Waals surface area contributed by atoms with Crippen LogP contribution < -0.4 is 10.6 Å². The van der Waals surface area contributed by atoms with E-state index in [0.717, 1.165) is 24.4 Å². The summed E-state index contributed by atoms with van der Waals surface area (Å²) in [6, 6.07) is 7.15. The number of nitrogens with zero attached hydrogens (tertiary/aromatic N) is 3. The Hall–Kier alpha value is -1.55. The first kappa shape index (κ1) is 13.1. The number of aromatic nitrogens is 2. The topological polar surface area (TPSA) is 46.6 Å². The summed E-state index contributed by atoms with van der Waals surface area (Å²) in [5.74, 6) is 2.07. The molecule has 21 heavy (non-hydrogen) atoms. The molecule has 2 N–H and O–H groups in total. The molecular formula is C17H24N4. The molecule has 0 amide bonds. The Kier molecular flexibility index (Phi) is 3.14. The largest absolute Gasteiger partial charge is 0.352 e. The van der Waals surface area contributed by atoms with Gasteiger partial charge in [0.2, 0.25) is 0 Å².